The van der Waals surface area contributed by atoms with E-state index in [2.05, 4.69) is 15.6 Å². The van der Waals surface area contributed by atoms with E-state index in [9.17, 15) is 4.39 Å². The topological polar surface area (TPSA) is 54.9 Å². The zero-order valence-corrected chi connectivity index (χ0v) is 19.0. The Morgan fingerprint density at radius 1 is 1.04 bits per heavy atom. The quantitative estimate of drug-likeness (QED) is 0.236. The van der Waals surface area contributed by atoms with E-state index in [0.29, 0.717) is 31.9 Å². The summed E-state index contributed by atoms with van der Waals surface area (Å²) in [5.41, 5.74) is 2.73. The van der Waals surface area contributed by atoms with Crippen LogP contribution in [0.15, 0.2) is 47.5 Å². The molecule has 0 amide bonds. The molecule has 0 aliphatic rings. The van der Waals surface area contributed by atoms with Crippen LogP contribution in [-0.4, -0.2) is 32.8 Å². The Bertz CT molecular complexity index is 739. The first-order valence-electron chi connectivity index (χ1n) is 9.10. The van der Waals surface area contributed by atoms with Gasteiger partial charge in [-0.05, 0) is 48.7 Å². The summed E-state index contributed by atoms with van der Waals surface area (Å²) >= 11 is 0. The molecular weight excluding hydrogens is 472 g/mol. The maximum absolute atomic E-state index is 13.4. The van der Waals surface area contributed by atoms with Crippen molar-refractivity contribution in [1.29, 1.82) is 0 Å². The van der Waals surface area contributed by atoms with E-state index in [0.717, 1.165) is 29.4 Å². The molecule has 0 radical (unpaired) electrons. The molecule has 0 saturated carbocycles. The van der Waals surface area contributed by atoms with Crippen LogP contribution in [0, 0.1) is 12.7 Å². The number of halogens is 2. The number of nitrogens with zero attached hydrogens (tertiary/aromatic N) is 1. The minimum Gasteiger partial charge on any atom is -0.491 e. The maximum Gasteiger partial charge on any atom is 0.191 e. The van der Waals surface area contributed by atoms with Crippen molar-refractivity contribution in [2.24, 2.45) is 4.99 Å². The number of methoxy groups -OCH3 is 1. The minimum absolute atomic E-state index is 0. The fraction of sp³-hybridized carbons (Fsp3) is 0.381. The van der Waals surface area contributed by atoms with E-state index in [1.165, 1.54) is 6.07 Å². The fourth-order valence-corrected chi connectivity index (χ4v) is 2.45. The highest BCUT2D eigenvalue weighted by Gasteiger charge is 2.02. The molecule has 0 saturated heterocycles. The van der Waals surface area contributed by atoms with Crippen molar-refractivity contribution in [3.8, 4) is 5.75 Å². The van der Waals surface area contributed by atoms with Gasteiger partial charge in [0.2, 0.25) is 0 Å². The van der Waals surface area contributed by atoms with Gasteiger partial charge >= 0.3 is 0 Å². The summed E-state index contributed by atoms with van der Waals surface area (Å²) in [5, 5.41) is 6.53. The van der Waals surface area contributed by atoms with Crippen LogP contribution in [0.1, 0.15) is 23.6 Å². The van der Waals surface area contributed by atoms with Crippen molar-refractivity contribution < 1.29 is 13.9 Å². The van der Waals surface area contributed by atoms with Crippen molar-refractivity contribution >= 4 is 29.9 Å². The smallest absolute Gasteiger partial charge is 0.191 e. The van der Waals surface area contributed by atoms with Gasteiger partial charge in [-0.25, -0.2) is 9.38 Å². The van der Waals surface area contributed by atoms with E-state index < -0.39 is 0 Å². The summed E-state index contributed by atoms with van der Waals surface area (Å²) in [5.74, 6) is 1.35. The van der Waals surface area contributed by atoms with E-state index in [4.69, 9.17) is 9.47 Å². The lowest BCUT2D eigenvalue weighted by Gasteiger charge is -2.12. The van der Waals surface area contributed by atoms with Crippen molar-refractivity contribution in [2.75, 3.05) is 26.9 Å². The Morgan fingerprint density at radius 3 is 2.39 bits per heavy atom. The lowest BCUT2D eigenvalue weighted by Crippen LogP contribution is -2.36. The van der Waals surface area contributed by atoms with Crippen LogP contribution >= 0.6 is 24.0 Å². The molecule has 0 aliphatic carbocycles. The molecule has 2 aromatic carbocycles. The SMILES string of the molecule is CCNC(=NCc1ccc(F)c(C)c1)NCc1ccc(OCCOC)cc1.I. The second-order valence-electron chi connectivity index (χ2n) is 6.12. The zero-order chi connectivity index (χ0) is 19.5. The number of aliphatic imine (C=N–C) groups is 1. The standard InChI is InChI=1S/C21H28FN3O2.HI/c1-4-23-21(25-15-18-7-10-20(22)16(2)13-18)24-14-17-5-8-19(9-6-17)27-12-11-26-3;/h5-10,13H,4,11-12,14-15H2,1-3H3,(H2,23,24,25);1H. The lowest BCUT2D eigenvalue weighted by molar-refractivity contribution is 0.146. The summed E-state index contributed by atoms with van der Waals surface area (Å²) in [6.07, 6.45) is 0. The van der Waals surface area contributed by atoms with Gasteiger partial charge in [-0.2, -0.15) is 0 Å². The van der Waals surface area contributed by atoms with Crippen molar-refractivity contribution in [3.05, 3.63) is 65.0 Å². The van der Waals surface area contributed by atoms with Gasteiger partial charge in [0.25, 0.3) is 0 Å². The molecule has 0 bridgehead atoms. The molecule has 2 aromatic rings. The molecule has 0 heterocycles. The second kappa shape index (κ2) is 13.3. The Kier molecular flexibility index (Phi) is 11.5. The van der Waals surface area contributed by atoms with Gasteiger partial charge in [0.05, 0.1) is 13.2 Å². The van der Waals surface area contributed by atoms with E-state index in [1.54, 1.807) is 20.1 Å². The molecule has 2 rings (SSSR count). The van der Waals surface area contributed by atoms with Crippen LogP contribution in [0.5, 0.6) is 5.75 Å². The summed E-state index contributed by atoms with van der Waals surface area (Å²) in [6.45, 7) is 6.78. The van der Waals surface area contributed by atoms with Crippen LogP contribution in [0.2, 0.25) is 0 Å². The molecule has 0 aromatic heterocycles. The zero-order valence-electron chi connectivity index (χ0n) is 16.6. The molecule has 154 valence electrons. The summed E-state index contributed by atoms with van der Waals surface area (Å²) in [6, 6.07) is 13.0. The normalized spacial score (nSPS) is 10.9. The number of rotatable bonds is 9. The third-order valence-corrected chi connectivity index (χ3v) is 3.93. The number of aryl methyl sites for hydroxylation is 1. The third kappa shape index (κ3) is 8.43. The molecule has 0 fully saturated rings. The molecule has 0 aliphatic heterocycles. The summed E-state index contributed by atoms with van der Waals surface area (Å²) in [7, 11) is 1.65. The highest BCUT2D eigenvalue weighted by molar-refractivity contribution is 14.0. The Balaban J connectivity index is 0.00000392. The summed E-state index contributed by atoms with van der Waals surface area (Å²) < 4.78 is 23.9. The number of hydrogen-bond acceptors (Lipinski definition) is 3. The average Bonchev–Trinajstić information content (AvgIpc) is 2.68. The van der Waals surface area contributed by atoms with Crippen LogP contribution in [0.25, 0.3) is 0 Å². The van der Waals surface area contributed by atoms with E-state index in [1.807, 2.05) is 37.3 Å². The third-order valence-electron chi connectivity index (χ3n) is 3.93. The minimum atomic E-state index is -0.192. The monoisotopic (exact) mass is 501 g/mol. The van der Waals surface area contributed by atoms with E-state index in [-0.39, 0.29) is 29.8 Å². The molecule has 5 nitrogen and oxygen atoms in total. The first kappa shape index (κ1) is 24.2. The molecular formula is C21H29FIN3O2. The van der Waals surface area contributed by atoms with Gasteiger partial charge in [0.15, 0.2) is 5.96 Å². The van der Waals surface area contributed by atoms with Gasteiger partial charge in [-0.15, -0.1) is 24.0 Å². The highest BCUT2D eigenvalue weighted by atomic mass is 127. The van der Waals surface area contributed by atoms with E-state index >= 15 is 0 Å². The van der Waals surface area contributed by atoms with Gasteiger partial charge in [0, 0.05) is 20.2 Å². The first-order valence-corrected chi connectivity index (χ1v) is 9.10. The largest absolute Gasteiger partial charge is 0.491 e. The molecule has 0 spiro atoms. The predicted octanol–water partition coefficient (Wildman–Crippen LogP) is 4.03. The Morgan fingerprint density at radius 2 is 1.75 bits per heavy atom. The molecule has 7 heteroatoms. The van der Waals surface area contributed by atoms with Gasteiger partial charge in [0.1, 0.15) is 18.2 Å². The summed E-state index contributed by atoms with van der Waals surface area (Å²) in [4.78, 5) is 4.57. The van der Waals surface area contributed by atoms with Crippen LogP contribution in [-0.2, 0) is 17.8 Å². The number of guanidine groups is 1. The van der Waals surface area contributed by atoms with Crippen molar-refractivity contribution in [2.45, 2.75) is 26.9 Å². The first-order chi connectivity index (χ1) is 13.1. The molecule has 28 heavy (non-hydrogen) atoms. The van der Waals surface area contributed by atoms with Crippen molar-refractivity contribution in [3.63, 3.8) is 0 Å². The fourth-order valence-electron chi connectivity index (χ4n) is 2.45. The average molecular weight is 501 g/mol. The molecule has 2 N–H and O–H groups in total. The Hall–Kier alpha value is -1.87. The van der Waals surface area contributed by atoms with Crippen LogP contribution in [0.4, 0.5) is 4.39 Å². The highest BCUT2D eigenvalue weighted by Crippen LogP contribution is 2.12. The van der Waals surface area contributed by atoms with Gasteiger partial charge in [-0.1, -0.05) is 24.3 Å². The Labute approximate surface area is 183 Å². The van der Waals surface area contributed by atoms with Gasteiger partial charge < -0.3 is 20.1 Å². The van der Waals surface area contributed by atoms with Crippen LogP contribution < -0.4 is 15.4 Å². The lowest BCUT2D eigenvalue weighted by atomic mass is 10.1. The maximum atomic E-state index is 13.4. The predicted molar refractivity (Wildman–Crippen MR) is 122 cm³/mol. The number of ether oxygens (including phenoxy) is 2. The molecule has 0 unspecified atom stereocenters. The number of nitrogens with one attached hydrogen (secondary N) is 2. The van der Waals surface area contributed by atoms with Crippen molar-refractivity contribution in [1.82, 2.24) is 10.6 Å². The van der Waals surface area contributed by atoms with Gasteiger partial charge in [-0.3, -0.25) is 0 Å². The number of benzene rings is 2. The second-order valence-corrected chi connectivity index (χ2v) is 6.12. The van der Waals surface area contributed by atoms with Crippen LogP contribution in [0.3, 0.4) is 0 Å². The molecule has 0 atom stereocenters. The number of hydrogen-bond donors (Lipinski definition) is 2.